The molecule has 2 aromatic rings. The standard InChI is InChI=1S/C35H56NO3/c1-5-6-7-8-9-10-11-12-13-15-20-32-24-26-34(27-25-32)39-31(2)30-38-35(37)23-18-19-28-36(3,4)29-33-21-16-14-17-22-33/h14,16-17,21-22,24-27,31H,5-13,15,18-20,23,28-30H2,1-4H3/q+1. The highest BCUT2D eigenvalue weighted by atomic mass is 16.6. The SMILES string of the molecule is CCCCCCCCCCCCc1ccc(OC(C)COC(=O)CCCC[N+](C)(C)Cc2ccccc2)cc1. The van der Waals surface area contributed by atoms with E-state index >= 15 is 0 Å². The highest BCUT2D eigenvalue weighted by Gasteiger charge is 2.16. The predicted molar refractivity (Wildman–Crippen MR) is 164 cm³/mol. The maximum atomic E-state index is 12.2. The predicted octanol–water partition coefficient (Wildman–Crippen LogP) is 8.91. The molecule has 0 aromatic heterocycles. The van der Waals surface area contributed by atoms with Gasteiger partial charge in [-0.15, -0.1) is 0 Å². The average Bonchev–Trinajstić information content (AvgIpc) is 2.92. The van der Waals surface area contributed by atoms with Gasteiger partial charge in [0, 0.05) is 12.0 Å². The summed E-state index contributed by atoms with van der Waals surface area (Å²) in [5, 5.41) is 0. The van der Waals surface area contributed by atoms with Crippen molar-refractivity contribution < 1.29 is 18.8 Å². The van der Waals surface area contributed by atoms with Crippen LogP contribution in [0.3, 0.4) is 0 Å². The van der Waals surface area contributed by atoms with Gasteiger partial charge in [-0.3, -0.25) is 4.79 Å². The van der Waals surface area contributed by atoms with E-state index in [2.05, 4.69) is 63.5 Å². The Morgan fingerprint density at radius 1 is 0.744 bits per heavy atom. The number of esters is 1. The molecule has 0 saturated heterocycles. The summed E-state index contributed by atoms with van der Waals surface area (Å²) in [6.45, 7) is 6.55. The Labute approximate surface area is 239 Å². The minimum Gasteiger partial charge on any atom is -0.487 e. The first kappa shape index (κ1) is 32.9. The van der Waals surface area contributed by atoms with Crippen molar-refractivity contribution in [1.29, 1.82) is 0 Å². The van der Waals surface area contributed by atoms with Crippen molar-refractivity contribution in [2.45, 2.75) is 116 Å². The zero-order valence-corrected chi connectivity index (χ0v) is 25.5. The van der Waals surface area contributed by atoms with E-state index < -0.39 is 0 Å². The minimum atomic E-state index is -0.164. The number of rotatable bonds is 22. The lowest BCUT2D eigenvalue weighted by atomic mass is 10.0. The zero-order chi connectivity index (χ0) is 28.2. The first-order chi connectivity index (χ1) is 18.9. The topological polar surface area (TPSA) is 35.5 Å². The van der Waals surface area contributed by atoms with Gasteiger partial charge in [-0.05, 0) is 50.3 Å². The molecule has 0 aliphatic carbocycles. The van der Waals surface area contributed by atoms with Crippen molar-refractivity contribution in [2.75, 3.05) is 27.2 Å². The van der Waals surface area contributed by atoms with Crippen LogP contribution in [0.1, 0.15) is 108 Å². The van der Waals surface area contributed by atoms with Gasteiger partial charge in [-0.2, -0.15) is 0 Å². The molecule has 39 heavy (non-hydrogen) atoms. The number of aryl methyl sites for hydroxylation is 1. The van der Waals surface area contributed by atoms with Crippen molar-refractivity contribution >= 4 is 5.97 Å². The molecule has 2 aromatic carbocycles. The molecule has 0 amide bonds. The lowest BCUT2D eigenvalue weighted by Crippen LogP contribution is -2.39. The van der Waals surface area contributed by atoms with Gasteiger partial charge in [0.15, 0.2) is 0 Å². The van der Waals surface area contributed by atoms with Crippen molar-refractivity contribution in [3.63, 3.8) is 0 Å². The summed E-state index contributed by atoms with van der Waals surface area (Å²) in [6, 6.07) is 19.0. The lowest BCUT2D eigenvalue weighted by Gasteiger charge is -2.30. The van der Waals surface area contributed by atoms with E-state index in [1.165, 1.54) is 75.3 Å². The van der Waals surface area contributed by atoms with Gasteiger partial charge in [-0.25, -0.2) is 0 Å². The summed E-state index contributed by atoms with van der Waals surface area (Å²) in [5.74, 6) is 0.703. The van der Waals surface area contributed by atoms with E-state index in [1.807, 2.05) is 19.1 Å². The van der Waals surface area contributed by atoms with Gasteiger partial charge >= 0.3 is 5.97 Å². The van der Waals surface area contributed by atoms with Crippen LogP contribution < -0.4 is 4.74 Å². The summed E-state index contributed by atoms with van der Waals surface area (Å²) < 4.78 is 12.4. The van der Waals surface area contributed by atoms with Crippen molar-refractivity contribution in [3.05, 3.63) is 65.7 Å². The summed E-state index contributed by atoms with van der Waals surface area (Å²) in [6.07, 6.45) is 17.0. The number of quaternary nitrogens is 1. The van der Waals surface area contributed by atoms with Crippen LogP contribution in [0.15, 0.2) is 54.6 Å². The van der Waals surface area contributed by atoms with E-state index in [0.29, 0.717) is 6.42 Å². The summed E-state index contributed by atoms with van der Waals surface area (Å²) in [5.41, 5.74) is 2.71. The highest BCUT2D eigenvalue weighted by molar-refractivity contribution is 5.69. The van der Waals surface area contributed by atoms with Gasteiger partial charge < -0.3 is 14.0 Å². The number of benzene rings is 2. The third-order valence-electron chi connectivity index (χ3n) is 7.41. The van der Waals surface area contributed by atoms with Gasteiger partial charge in [0.2, 0.25) is 0 Å². The van der Waals surface area contributed by atoms with Crippen LogP contribution in [0.2, 0.25) is 0 Å². The maximum absolute atomic E-state index is 12.2. The molecule has 2 rings (SSSR count). The van der Waals surface area contributed by atoms with Crippen LogP contribution in [0.25, 0.3) is 0 Å². The van der Waals surface area contributed by atoms with Crippen LogP contribution in [-0.4, -0.2) is 43.8 Å². The van der Waals surface area contributed by atoms with E-state index in [1.54, 1.807) is 0 Å². The maximum Gasteiger partial charge on any atom is 0.305 e. The molecule has 4 nitrogen and oxygen atoms in total. The molecule has 4 heteroatoms. The molecule has 0 spiro atoms. The van der Waals surface area contributed by atoms with Crippen molar-refractivity contribution in [3.8, 4) is 5.75 Å². The number of carbonyl (C=O) groups is 1. The molecular formula is C35H56NO3+. The fraction of sp³-hybridized carbons (Fsp3) is 0.629. The molecule has 0 aliphatic rings. The number of nitrogens with zero attached hydrogens (tertiary/aromatic N) is 1. The molecule has 218 valence electrons. The average molecular weight is 539 g/mol. The Morgan fingerprint density at radius 2 is 1.36 bits per heavy atom. The molecule has 1 atom stereocenters. The Bertz CT molecular complexity index is 879. The lowest BCUT2D eigenvalue weighted by molar-refractivity contribution is -0.903. The second-order valence-electron chi connectivity index (χ2n) is 11.9. The van der Waals surface area contributed by atoms with Gasteiger partial charge in [0.25, 0.3) is 0 Å². The molecule has 0 saturated carbocycles. The summed E-state index contributed by atoms with van der Waals surface area (Å²) in [4.78, 5) is 12.2. The van der Waals surface area contributed by atoms with E-state index in [9.17, 15) is 4.79 Å². The largest absolute Gasteiger partial charge is 0.487 e. The third-order valence-corrected chi connectivity index (χ3v) is 7.41. The highest BCUT2D eigenvalue weighted by Crippen LogP contribution is 2.17. The van der Waals surface area contributed by atoms with E-state index in [4.69, 9.17) is 9.47 Å². The smallest absolute Gasteiger partial charge is 0.305 e. The number of ether oxygens (including phenoxy) is 2. The Morgan fingerprint density at radius 3 is 2.00 bits per heavy atom. The van der Waals surface area contributed by atoms with Crippen molar-refractivity contribution in [2.24, 2.45) is 0 Å². The van der Waals surface area contributed by atoms with E-state index in [0.717, 1.165) is 42.6 Å². The fourth-order valence-corrected chi connectivity index (χ4v) is 5.07. The second kappa shape index (κ2) is 19.7. The summed E-state index contributed by atoms with van der Waals surface area (Å²) in [7, 11) is 4.49. The van der Waals surface area contributed by atoms with Crippen LogP contribution in [-0.2, 0) is 22.5 Å². The monoisotopic (exact) mass is 538 g/mol. The van der Waals surface area contributed by atoms with E-state index in [-0.39, 0.29) is 18.7 Å². The molecule has 0 heterocycles. The molecule has 0 N–H and O–H groups in total. The molecule has 1 unspecified atom stereocenters. The Hall–Kier alpha value is -2.33. The number of carbonyl (C=O) groups excluding carboxylic acids is 1. The van der Waals surface area contributed by atoms with Gasteiger partial charge in [0.05, 0.1) is 20.6 Å². The number of unbranched alkanes of at least 4 members (excludes halogenated alkanes) is 10. The van der Waals surface area contributed by atoms with Gasteiger partial charge in [-0.1, -0.05) is 107 Å². The van der Waals surface area contributed by atoms with Crippen LogP contribution >= 0.6 is 0 Å². The van der Waals surface area contributed by atoms with Crippen molar-refractivity contribution in [1.82, 2.24) is 0 Å². The molecular weight excluding hydrogens is 482 g/mol. The number of hydrogen-bond donors (Lipinski definition) is 0. The zero-order valence-electron chi connectivity index (χ0n) is 25.5. The summed E-state index contributed by atoms with van der Waals surface area (Å²) >= 11 is 0. The first-order valence-corrected chi connectivity index (χ1v) is 15.6. The minimum absolute atomic E-state index is 0.134. The molecule has 0 radical (unpaired) electrons. The Kier molecular flexibility index (Phi) is 16.6. The van der Waals surface area contributed by atoms with Crippen LogP contribution in [0.4, 0.5) is 0 Å². The quantitative estimate of drug-likeness (QED) is 0.0853. The second-order valence-corrected chi connectivity index (χ2v) is 11.9. The Balaban J connectivity index is 1.50. The third kappa shape index (κ3) is 16.4. The molecule has 0 fully saturated rings. The normalized spacial score (nSPS) is 12.3. The first-order valence-electron chi connectivity index (χ1n) is 15.6. The number of hydrogen-bond acceptors (Lipinski definition) is 3. The van der Waals surface area contributed by atoms with Gasteiger partial charge in [0.1, 0.15) is 25.0 Å². The van der Waals surface area contributed by atoms with Crippen LogP contribution in [0.5, 0.6) is 5.75 Å². The molecule has 0 bridgehead atoms. The molecule has 0 aliphatic heterocycles. The van der Waals surface area contributed by atoms with Crippen LogP contribution in [0, 0.1) is 0 Å². The fourth-order valence-electron chi connectivity index (χ4n) is 5.07.